The van der Waals surface area contributed by atoms with Crippen molar-refractivity contribution in [3.63, 3.8) is 0 Å². The molecule has 0 bridgehead atoms. The maximum absolute atomic E-state index is 5.41. The third-order valence-corrected chi connectivity index (χ3v) is 2.37. The van der Waals surface area contributed by atoms with E-state index >= 15 is 0 Å². The van der Waals surface area contributed by atoms with Crippen LogP contribution in [0.3, 0.4) is 0 Å². The third-order valence-electron chi connectivity index (χ3n) is 2.37. The second kappa shape index (κ2) is 4.49. The molecule has 0 aliphatic heterocycles. The molecule has 0 spiro atoms. The van der Waals surface area contributed by atoms with Crippen LogP contribution in [0.1, 0.15) is 19.5 Å². The first-order chi connectivity index (χ1) is 7.68. The summed E-state index contributed by atoms with van der Waals surface area (Å²) < 4.78 is 7.33. The molecule has 2 aromatic rings. The molecule has 0 saturated heterocycles. The molecule has 86 valence electrons. The smallest absolute Gasteiger partial charge is 0.181 e. The Bertz CT molecular complexity index is 458. The Morgan fingerprint density at radius 3 is 2.94 bits per heavy atom. The topological polar surface area (TPSA) is 55.9 Å². The highest BCUT2D eigenvalue weighted by atomic mass is 16.3. The van der Waals surface area contributed by atoms with E-state index < -0.39 is 0 Å². The molecule has 0 aliphatic rings. The van der Waals surface area contributed by atoms with E-state index in [1.54, 1.807) is 12.5 Å². The predicted molar refractivity (Wildman–Crippen MR) is 60.7 cm³/mol. The molecule has 16 heavy (non-hydrogen) atoms. The first-order valence-corrected chi connectivity index (χ1v) is 5.31. The molecule has 2 aromatic heterocycles. The molecule has 0 unspecified atom stereocenters. The summed E-state index contributed by atoms with van der Waals surface area (Å²) in [6, 6.07) is 0.427. The minimum atomic E-state index is 0.427. The number of oxazole rings is 1. The van der Waals surface area contributed by atoms with Crippen molar-refractivity contribution in [1.82, 2.24) is 19.9 Å². The van der Waals surface area contributed by atoms with Crippen LogP contribution in [-0.2, 0) is 13.6 Å². The van der Waals surface area contributed by atoms with Gasteiger partial charge in [0.1, 0.15) is 11.4 Å². The van der Waals surface area contributed by atoms with Crippen LogP contribution in [-0.4, -0.2) is 20.6 Å². The SMILES string of the molecule is CC(C)NCc1ncoc1-c1cncn1C. The van der Waals surface area contributed by atoms with Crippen molar-refractivity contribution in [2.75, 3.05) is 0 Å². The quantitative estimate of drug-likeness (QED) is 0.849. The minimum Gasteiger partial charge on any atom is -0.442 e. The molecule has 5 heteroatoms. The largest absolute Gasteiger partial charge is 0.442 e. The number of hydrogen-bond donors (Lipinski definition) is 1. The maximum atomic E-state index is 5.41. The van der Waals surface area contributed by atoms with Crippen LogP contribution in [0, 0.1) is 0 Å². The first kappa shape index (κ1) is 10.9. The van der Waals surface area contributed by atoms with Gasteiger partial charge in [-0.2, -0.15) is 0 Å². The van der Waals surface area contributed by atoms with Gasteiger partial charge < -0.3 is 14.3 Å². The van der Waals surface area contributed by atoms with Gasteiger partial charge in [0, 0.05) is 19.6 Å². The molecule has 0 aliphatic carbocycles. The van der Waals surface area contributed by atoms with Crippen molar-refractivity contribution in [1.29, 1.82) is 0 Å². The highest BCUT2D eigenvalue weighted by Crippen LogP contribution is 2.21. The summed E-state index contributed by atoms with van der Waals surface area (Å²) in [4.78, 5) is 8.28. The van der Waals surface area contributed by atoms with Crippen molar-refractivity contribution in [2.24, 2.45) is 7.05 Å². The molecule has 0 saturated carbocycles. The second-order valence-corrected chi connectivity index (χ2v) is 4.05. The molecule has 0 atom stereocenters. The van der Waals surface area contributed by atoms with Crippen molar-refractivity contribution >= 4 is 0 Å². The number of aryl methyl sites for hydroxylation is 1. The molecule has 1 N–H and O–H groups in total. The van der Waals surface area contributed by atoms with Crippen LogP contribution in [0.4, 0.5) is 0 Å². The summed E-state index contributed by atoms with van der Waals surface area (Å²) in [5.74, 6) is 0.785. The lowest BCUT2D eigenvalue weighted by molar-refractivity contribution is 0.558. The Morgan fingerprint density at radius 1 is 1.50 bits per heavy atom. The monoisotopic (exact) mass is 220 g/mol. The zero-order valence-electron chi connectivity index (χ0n) is 9.77. The fourth-order valence-electron chi connectivity index (χ4n) is 1.48. The molecule has 0 fully saturated rings. The van der Waals surface area contributed by atoms with Crippen LogP contribution in [0.2, 0.25) is 0 Å². The lowest BCUT2D eigenvalue weighted by Crippen LogP contribution is -2.22. The van der Waals surface area contributed by atoms with Gasteiger partial charge >= 0.3 is 0 Å². The molecular weight excluding hydrogens is 204 g/mol. The molecule has 0 radical (unpaired) electrons. The van der Waals surface area contributed by atoms with Gasteiger partial charge in [-0.25, -0.2) is 9.97 Å². The summed E-state index contributed by atoms with van der Waals surface area (Å²) in [6.07, 6.45) is 5.00. The second-order valence-electron chi connectivity index (χ2n) is 4.05. The van der Waals surface area contributed by atoms with Gasteiger partial charge in [-0.1, -0.05) is 13.8 Å². The van der Waals surface area contributed by atoms with Crippen LogP contribution < -0.4 is 5.32 Å². The van der Waals surface area contributed by atoms with Crippen LogP contribution in [0.15, 0.2) is 23.3 Å². The Balaban J connectivity index is 2.23. The van der Waals surface area contributed by atoms with E-state index in [1.165, 1.54) is 6.39 Å². The summed E-state index contributed by atoms with van der Waals surface area (Å²) in [6.45, 7) is 4.91. The Hall–Kier alpha value is -1.62. The van der Waals surface area contributed by atoms with E-state index in [4.69, 9.17) is 4.42 Å². The van der Waals surface area contributed by atoms with E-state index in [9.17, 15) is 0 Å². The number of rotatable bonds is 4. The van der Waals surface area contributed by atoms with Gasteiger partial charge in [-0.3, -0.25) is 0 Å². The lowest BCUT2D eigenvalue weighted by Gasteiger charge is -2.06. The Morgan fingerprint density at radius 2 is 2.31 bits per heavy atom. The average Bonchev–Trinajstić information content (AvgIpc) is 2.82. The number of aromatic nitrogens is 3. The van der Waals surface area contributed by atoms with Gasteiger partial charge in [0.15, 0.2) is 12.2 Å². The zero-order valence-corrected chi connectivity index (χ0v) is 9.77. The maximum Gasteiger partial charge on any atom is 0.181 e. The third kappa shape index (κ3) is 2.14. The standard InChI is InChI=1S/C11H16N4O/c1-8(2)13-4-9-11(16-7-14-9)10-5-12-6-15(10)3/h5-8,13H,4H2,1-3H3. The molecule has 2 rings (SSSR count). The van der Waals surface area contributed by atoms with E-state index in [-0.39, 0.29) is 0 Å². The van der Waals surface area contributed by atoms with Crippen molar-refractivity contribution < 1.29 is 4.42 Å². The molecular formula is C11H16N4O. The van der Waals surface area contributed by atoms with Crippen LogP contribution in [0.5, 0.6) is 0 Å². The van der Waals surface area contributed by atoms with Crippen molar-refractivity contribution in [2.45, 2.75) is 26.4 Å². The van der Waals surface area contributed by atoms with E-state index in [0.717, 1.165) is 17.1 Å². The summed E-state index contributed by atoms with van der Waals surface area (Å²) in [7, 11) is 1.94. The number of hydrogen-bond acceptors (Lipinski definition) is 4. The van der Waals surface area contributed by atoms with Crippen LogP contribution in [0.25, 0.3) is 11.5 Å². The van der Waals surface area contributed by atoms with Gasteiger partial charge in [-0.15, -0.1) is 0 Å². The van der Waals surface area contributed by atoms with Gasteiger partial charge in [-0.05, 0) is 0 Å². The van der Waals surface area contributed by atoms with Crippen molar-refractivity contribution in [3.8, 4) is 11.5 Å². The lowest BCUT2D eigenvalue weighted by atomic mass is 10.2. The van der Waals surface area contributed by atoms with E-state index in [2.05, 4.69) is 29.1 Å². The fourth-order valence-corrected chi connectivity index (χ4v) is 1.48. The summed E-state index contributed by atoms with van der Waals surface area (Å²) >= 11 is 0. The molecule has 2 heterocycles. The number of imidazole rings is 1. The fraction of sp³-hybridized carbons (Fsp3) is 0.455. The van der Waals surface area contributed by atoms with E-state index in [1.807, 2.05) is 11.6 Å². The highest BCUT2D eigenvalue weighted by molar-refractivity contribution is 5.54. The van der Waals surface area contributed by atoms with Gasteiger partial charge in [0.05, 0.1) is 12.5 Å². The van der Waals surface area contributed by atoms with Crippen LogP contribution >= 0.6 is 0 Å². The molecule has 5 nitrogen and oxygen atoms in total. The summed E-state index contributed by atoms with van der Waals surface area (Å²) in [5, 5.41) is 3.32. The molecule has 0 aromatic carbocycles. The zero-order chi connectivity index (χ0) is 11.5. The minimum absolute atomic E-state index is 0.427. The van der Waals surface area contributed by atoms with Crippen molar-refractivity contribution in [3.05, 3.63) is 24.6 Å². The van der Waals surface area contributed by atoms with Gasteiger partial charge in [0.25, 0.3) is 0 Å². The Labute approximate surface area is 94.5 Å². The van der Waals surface area contributed by atoms with Gasteiger partial charge in [0.2, 0.25) is 0 Å². The normalized spacial score (nSPS) is 11.2. The predicted octanol–water partition coefficient (Wildman–Crippen LogP) is 1.57. The number of nitrogens with zero attached hydrogens (tertiary/aromatic N) is 3. The summed E-state index contributed by atoms with van der Waals surface area (Å²) in [5.41, 5.74) is 1.86. The average molecular weight is 220 g/mol. The number of nitrogens with one attached hydrogen (secondary N) is 1. The highest BCUT2D eigenvalue weighted by Gasteiger charge is 2.13. The molecule has 0 amide bonds. The van der Waals surface area contributed by atoms with E-state index in [0.29, 0.717) is 12.6 Å². The Kier molecular flexibility index (Phi) is 3.05. The first-order valence-electron chi connectivity index (χ1n) is 5.31.